The predicted molar refractivity (Wildman–Crippen MR) is 126 cm³/mol. The zero-order chi connectivity index (χ0) is 19.7. The molecular formula is C25H48Sn. The van der Waals surface area contributed by atoms with Gasteiger partial charge in [-0.3, -0.25) is 0 Å². The molecule has 0 unspecified atom stereocenters. The van der Waals surface area contributed by atoms with Crippen LogP contribution in [0.5, 0.6) is 0 Å². The standard InChI is InChI=1S/C13H21.3C4H9.Sn/c1-5-6-7-10-13(4)11-8-9-12(2)3;3*1-3-4-2;/h5-6,9-10H,1,7-8,11H2,2-4H3;3*1,3-4H2,2H3;/b6-5+,13-10+;;;;. The van der Waals surface area contributed by atoms with E-state index in [1.807, 2.05) is 0 Å². The van der Waals surface area contributed by atoms with E-state index in [2.05, 4.69) is 65.8 Å². The van der Waals surface area contributed by atoms with Crippen molar-refractivity contribution in [3.8, 4) is 0 Å². The summed E-state index contributed by atoms with van der Waals surface area (Å²) in [4.78, 5) is 0. The molecule has 0 fully saturated rings. The molecule has 0 aromatic carbocycles. The van der Waals surface area contributed by atoms with Gasteiger partial charge in [-0.05, 0) is 0 Å². The van der Waals surface area contributed by atoms with Crippen molar-refractivity contribution in [2.24, 2.45) is 0 Å². The monoisotopic (exact) mass is 468 g/mol. The molecule has 0 N–H and O–H groups in total. The molecule has 0 nitrogen and oxygen atoms in total. The van der Waals surface area contributed by atoms with Crippen LogP contribution in [0, 0.1) is 0 Å². The van der Waals surface area contributed by atoms with Crippen LogP contribution in [0.15, 0.2) is 35.5 Å². The number of hydrogen-bond donors (Lipinski definition) is 0. The Balaban J connectivity index is 4.62. The van der Waals surface area contributed by atoms with Crippen LogP contribution < -0.4 is 0 Å². The molecule has 0 saturated carbocycles. The summed E-state index contributed by atoms with van der Waals surface area (Å²) in [5.74, 6) is 0. The fourth-order valence-corrected chi connectivity index (χ4v) is 19.0. The average Bonchev–Trinajstić information content (AvgIpc) is 2.62. The van der Waals surface area contributed by atoms with Crippen molar-refractivity contribution < 1.29 is 0 Å². The van der Waals surface area contributed by atoms with Crippen LogP contribution in [0.2, 0.25) is 17.7 Å². The Kier molecular flexibility index (Phi) is 17.2. The normalized spacial score (nSPS) is 12.8. The van der Waals surface area contributed by atoms with E-state index in [0.29, 0.717) is 0 Å². The van der Waals surface area contributed by atoms with Crippen LogP contribution >= 0.6 is 0 Å². The summed E-state index contributed by atoms with van der Waals surface area (Å²) < 4.78 is 6.40. The Morgan fingerprint density at radius 1 is 0.731 bits per heavy atom. The van der Waals surface area contributed by atoms with E-state index in [0.717, 1.165) is 6.42 Å². The Bertz CT molecular complexity index is 388. The van der Waals surface area contributed by atoms with Crippen molar-refractivity contribution in [2.75, 3.05) is 0 Å². The van der Waals surface area contributed by atoms with Gasteiger partial charge in [0.1, 0.15) is 0 Å². The van der Waals surface area contributed by atoms with Crippen LogP contribution in [-0.2, 0) is 0 Å². The van der Waals surface area contributed by atoms with Gasteiger partial charge in [-0.2, -0.15) is 0 Å². The fraction of sp³-hybridized carbons (Fsp3) is 0.760. The average molecular weight is 467 g/mol. The molecule has 0 rings (SSSR count). The number of allylic oxidation sites excluding steroid dienone is 6. The molecule has 0 spiro atoms. The zero-order valence-electron chi connectivity index (χ0n) is 19.0. The Labute approximate surface area is 170 Å². The molecule has 0 aliphatic carbocycles. The van der Waals surface area contributed by atoms with E-state index < -0.39 is 18.4 Å². The topological polar surface area (TPSA) is 0 Å². The van der Waals surface area contributed by atoms with Crippen molar-refractivity contribution in [2.45, 2.75) is 117 Å². The molecule has 0 radical (unpaired) electrons. The van der Waals surface area contributed by atoms with Gasteiger partial charge < -0.3 is 0 Å². The first kappa shape index (κ1) is 26.0. The first-order chi connectivity index (χ1) is 12.5. The third kappa shape index (κ3) is 14.1. The number of unbranched alkanes of at least 4 members (excludes halogenated alkanes) is 3. The Hall–Kier alpha value is 0.0187. The van der Waals surface area contributed by atoms with Crippen molar-refractivity contribution in [1.82, 2.24) is 0 Å². The predicted octanol–water partition coefficient (Wildman–Crippen LogP) is 9.47. The maximum atomic E-state index is 2.59. The van der Waals surface area contributed by atoms with Gasteiger partial charge in [0, 0.05) is 0 Å². The zero-order valence-corrected chi connectivity index (χ0v) is 21.9. The van der Waals surface area contributed by atoms with E-state index in [4.69, 9.17) is 0 Å². The Morgan fingerprint density at radius 2 is 1.27 bits per heavy atom. The van der Waals surface area contributed by atoms with Gasteiger partial charge >= 0.3 is 171 Å². The maximum absolute atomic E-state index is 2.59. The molecule has 0 aliphatic heterocycles. The molecular weight excluding hydrogens is 419 g/mol. The van der Waals surface area contributed by atoms with Crippen LogP contribution in [0.25, 0.3) is 0 Å². The van der Waals surface area contributed by atoms with E-state index in [1.165, 1.54) is 61.4 Å². The van der Waals surface area contributed by atoms with Crippen LogP contribution in [0.1, 0.15) is 99.3 Å². The minimum absolute atomic E-state index is 1.14. The van der Waals surface area contributed by atoms with E-state index in [-0.39, 0.29) is 0 Å². The third-order valence-electron chi connectivity index (χ3n) is 5.59. The molecule has 152 valence electrons. The molecule has 0 aromatic rings. The summed E-state index contributed by atoms with van der Waals surface area (Å²) >= 11 is -1.93. The molecule has 1 heteroatoms. The van der Waals surface area contributed by atoms with E-state index in [1.54, 1.807) is 18.9 Å². The number of hydrogen-bond acceptors (Lipinski definition) is 0. The van der Waals surface area contributed by atoms with Gasteiger partial charge in [-0.25, -0.2) is 0 Å². The number of rotatable bonds is 16. The van der Waals surface area contributed by atoms with Gasteiger partial charge in [0.05, 0.1) is 0 Å². The third-order valence-corrected chi connectivity index (χ3v) is 20.8. The van der Waals surface area contributed by atoms with Gasteiger partial charge in [-0.1, -0.05) is 0 Å². The second kappa shape index (κ2) is 17.1. The fourth-order valence-electron chi connectivity index (χ4n) is 3.73. The molecule has 0 amide bonds. The van der Waals surface area contributed by atoms with Crippen LogP contribution in [-0.4, -0.2) is 18.4 Å². The van der Waals surface area contributed by atoms with Crippen LogP contribution in [0.4, 0.5) is 0 Å². The van der Waals surface area contributed by atoms with Gasteiger partial charge in [0.25, 0.3) is 0 Å². The van der Waals surface area contributed by atoms with Crippen molar-refractivity contribution in [3.05, 3.63) is 35.5 Å². The van der Waals surface area contributed by atoms with Crippen molar-refractivity contribution in [1.29, 1.82) is 0 Å². The Morgan fingerprint density at radius 3 is 1.73 bits per heavy atom. The summed E-state index contributed by atoms with van der Waals surface area (Å²) in [6.45, 7) is 13.8. The second-order valence-corrected chi connectivity index (χ2v) is 22.6. The summed E-state index contributed by atoms with van der Waals surface area (Å²) in [6.07, 6.45) is 22.0. The SMILES string of the molecule is CCC[CH2][Sn]([CH2]/C=C/C/C=C(\C)CCC=C(C)C)([CH2]CCC)[CH2]CCC. The summed E-state index contributed by atoms with van der Waals surface area (Å²) in [5, 5.41) is 0. The van der Waals surface area contributed by atoms with E-state index in [9.17, 15) is 0 Å². The van der Waals surface area contributed by atoms with Gasteiger partial charge in [-0.15, -0.1) is 0 Å². The van der Waals surface area contributed by atoms with Crippen molar-refractivity contribution in [3.63, 3.8) is 0 Å². The molecule has 0 aliphatic rings. The first-order valence-electron chi connectivity index (χ1n) is 11.4. The van der Waals surface area contributed by atoms with Crippen LogP contribution in [0.3, 0.4) is 0 Å². The molecule has 0 bridgehead atoms. The second-order valence-electron chi connectivity index (χ2n) is 8.59. The van der Waals surface area contributed by atoms with E-state index >= 15 is 0 Å². The molecule has 0 atom stereocenters. The quantitative estimate of drug-likeness (QED) is 0.157. The summed E-state index contributed by atoms with van der Waals surface area (Å²) in [7, 11) is 0. The minimum atomic E-state index is -1.93. The summed E-state index contributed by atoms with van der Waals surface area (Å²) in [5.41, 5.74) is 2.98. The van der Waals surface area contributed by atoms with Gasteiger partial charge in [0.15, 0.2) is 0 Å². The van der Waals surface area contributed by atoms with Gasteiger partial charge in [0.2, 0.25) is 0 Å². The molecule has 26 heavy (non-hydrogen) atoms. The molecule has 0 heterocycles. The molecule has 0 aromatic heterocycles. The van der Waals surface area contributed by atoms with Crippen molar-refractivity contribution >= 4 is 18.4 Å². The summed E-state index contributed by atoms with van der Waals surface area (Å²) in [6, 6.07) is 0. The molecule has 0 saturated heterocycles. The first-order valence-corrected chi connectivity index (χ1v) is 19.5.